The molecule has 2 amide bonds. The number of amides is 2. The van der Waals surface area contributed by atoms with Gasteiger partial charge in [0, 0.05) is 18.1 Å². The maximum atomic E-state index is 13.4. The number of aryl methyl sites for hydroxylation is 1. The molecule has 0 heterocycles. The van der Waals surface area contributed by atoms with Gasteiger partial charge in [-0.3, -0.25) is 13.9 Å². The number of halogens is 2. The van der Waals surface area contributed by atoms with Gasteiger partial charge in [0.2, 0.25) is 21.8 Å². The molecular formula is C23H29Cl2N3O4S. The van der Waals surface area contributed by atoms with E-state index in [0.29, 0.717) is 11.6 Å². The van der Waals surface area contributed by atoms with E-state index in [9.17, 15) is 18.0 Å². The van der Waals surface area contributed by atoms with E-state index in [4.69, 9.17) is 23.2 Å². The van der Waals surface area contributed by atoms with Crippen molar-refractivity contribution >= 4 is 50.7 Å². The molecule has 0 unspecified atom stereocenters. The molecule has 0 radical (unpaired) electrons. The Labute approximate surface area is 205 Å². The van der Waals surface area contributed by atoms with E-state index in [1.54, 1.807) is 6.92 Å². The van der Waals surface area contributed by atoms with E-state index in [-0.39, 0.29) is 23.2 Å². The number of sulfonamides is 1. The molecular weight excluding hydrogens is 485 g/mol. The summed E-state index contributed by atoms with van der Waals surface area (Å²) in [5, 5.41) is 3.23. The van der Waals surface area contributed by atoms with Crippen LogP contribution in [-0.4, -0.2) is 50.5 Å². The zero-order valence-electron chi connectivity index (χ0n) is 19.1. The van der Waals surface area contributed by atoms with Gasteiger partial charge in [-0.25, -0.2) is 8.42 Å². The number of nitrogens with one attached hydrogen (secondary N) is 1. The van der Waals surface area contributed by atoms with Crippen LogP contribution in [0.1, 0.15) is 31.4 Å². The largest absolute Gasteiger partial charge is 0.354 e. The van der Waals surface area contributed by atoms with Crippen LogP contribution in [-0.2, 0) is 26.2 Å². The van der Waals surface area contributed by atoms with Crippen LogP contribution in [0.5, 0.6) is 0 Å². The lowest BCUT2D eigenvalue weighted by atomic mass is 10.1. The summed E-state index contributed by atoms with van der Waals surface area (Å²) in [7, 11) is -3.86. The van der Waals surface area contributed by atoms with Gasteiger partial charge in [-0.05, 0) is 44.0 Å². The standard InChI is InChI=1S/C23H29Cl2N3O4S/c1-5-12-26-23(30)17(3)27(14-18-8-6-16(2)7-9-18)22(29)15-28(33(4,31)32)21-11-10-19(24)13-20(21)25/h6-11,13,17H,5,12,14-15H2,1-4H3,(H,26,30)/t17-/m1/s1. The van der Waals surface area contributed by atoms with Crippen LogP contribution in [0.25, 0.3) is 0 Å². The summed E-state index contributed by atoms with van der Waals surface area (Å²) in [4.78, 5) is 27.5. The van der Waals surface area contributed by atoms with Crippen LogP contribution in [0.15, 0.2) is 42.5 Å². The minimum Gasteiger partial charge on any atom is -0.354 e. The van der Waals surface area contributed by atoms with Crippen molar-refractivity contribution in [3.8, 4) is 0 Å². The molecule has 180 valence electrons. The Morgan fingerprint density at radius 2 is 1.73 bits per heavy atom. The third kappa shape index (κ3) is 7.62. The molecule has 10 heteroatoms. The van der Waals surface area contributed by atoms with E-state index >= 15 is 0 Å². The van der Waals surface area contributed by atoms with Crippen molar-refractivity contribution in [1.82, 2.24) is 10.2 Å². The molecule has 7 nitrogen and oxygen atoms in total. The SMILES string of the molecule is CCCNC(=O)[C@@H](C)N(Cc1ccc(C)cc1)C(=O)CN(c1ccc(Cl)cc1Cl)S(C)(=O)=O. The average Bonchev–Trinajstić information content (AvgIpc) is 2.74. The average molecular weight is 514 g/mol. The lowest BCUT2D eigenvalue weighted by Crippen LogP contribution is -2.51. The highest BCUT2D eigenvalue weighted by molar-refractivity contribution is 7.92. The summed E-state index contributed by atoms with van der Waals surface area (Å²) in [5.74, 6) is -0.848. The molecule has 0 aliphatic rings. The van der Waals surface area contributed by atoms with Crippen LogP contribution < -0.4 is 9.62 Å². The summed E-state index contributed by atoms with van der Waals surface area (Å²) in [6, 6.07) is 11.1. The van der Waals surface area contributed by atoms with Gasteiger partial charge in [-0.2, -0.15) is 0 Å². The molecule has 0 saturated heterocycles. The van der Waals surface area contributed by atoms with Crippen molar-refractivity contribution in [2.24, 2.45) is 0 Å². The van der Waals surface area contributed by atoms with Gasteiger partial charge in [0.25, 0.3) is 0 Å². The second kappa shape index (κ2) is 11.7. The molecule has 0 aliphatic carbocycles. The number of hydrogen-bond acceptors (Lipinski definition) is 4. The molecule has 0 bridgehead atoms. The highest BCUT2D eigenvalue weighted by Gasteiger charge is 2.30. The first-order valence-electron chi connectivity index (χ1n) is 10.5. The molecule has 1 N–H and O–H groups in total. The molecule has 0 aromatic heterocycles. The first-order chi connectivity index (χ1) is 15.4. The number of carbonyl (C=O) groups excluding carboxylic acids is 2. The highest BCUT2D eigenvalue weighted by atomic mass is 35.5. The minimum absolute atomic E-state index is 0.0968. The Morgan fingerprint density at radius 3 is 2.27 bits per heavy atom. The van der Waals surface area contributed by atoms with E-state index in [2.05, 4.69) is 5.32 Å². The van der Waals surface area contributed by atoms with Crippen molar-refractivity contribution in [2.75, 3.05) is 23.7 Å². The van der Waals surface area contributed by atoms with Crippen LogP contribution in [0.2, 0.25) is 10.0 Å². The molecule has 33 heavy (non-hydrogen) atoms. The van der Waals surface area contributed by atoms with Gasteiger partial charge in [0.15, 0.2) is 0 Å². The van der Waals surface area contributed by atoms with Crippen molar-refractivity contribution in [3.63, 3.8) is 0 Å². The molecule has 2 aromatic carbocycles. The van der Waals surface area contributed by atoms with Gasteiger partial charge in [0.05, 0.1) is 17.0 Å². The fourth-order valence-corrected chi connectivity index (χ4v) is 4.57. The first kappa shape index (κ1) is 27.0. The van der Waals surface area contributed by atoms with E-state index < -0.39 is 28.5 Å². The Hall–Kier alpha value is -2.29. The van der Waals surface area contributed by atoms with Crippen molar-refractivity contribution in [2.45, 2.75) is 39.8 Å². The fourth-order valence-electron chi connectivity index (χ4n) is 3.15. The lowest BCUT2D eigenvalue weighted by molar-refractivity contribution is -0.139. The highest BCUT2D eigenvalue weighted by Crippen LogP contribution is 2.30. The predicted molar refractivity (Wildman–Crippen MR) is 133 cm³/mol. The van der Waals surface area contributed by atoms with Gasteiger partial charge in [-0.15, -0.1) is 0 Å². The number of rotatable bonds is 10. The smallest absolute Gasteiger partial charge is 0.244 e. The van der Waals surface area contributed by atoms with E-state index in [0.717, 1.165) is 28.1 Å². The Bertz CT molecular complexity index is 1090. The Balaban J connectivity index is 2.39. The zero-order valence-corrected chi connectivity index (χ0v) is 21.5. The first-order valence-corrected chi connectivity index (χ1v) is 13.1. The van der Waals surface area contributed by atoms with Crippen LogP contribution in [0.3, 0.4) is 0 Å². The predicted octanol–water partition coefficient (Wildman–Crippen LogP) is 4.01. The monoisotopic (exact) mass is 513 g/mol. The van der Waals surface area contributed by atoms with Gasteiger partial charge in [0.1, 0.15) is 12.6 Å². The maximum absolute atomic E-state index is 13.4. The van der Waals surface area contributed by atoms with Crippen LogP contribution in [0, 0.1) is 6.92 Å². The third-order valence-corrected chi connectivity index (χ3v) is 6.71. The quantitative estimate of drug-likeness (QED) is 0.519. The molecule has 1 atom stereocenters. The summed E-state index contributed by atoms with van der Waals surface area (Å²) in [6.07, 6.45) is 1.74. The van der Waals surface area contributed by atoms with Crippen molar-refractivity contribution < 1.29 is 18.0 Å². The van der Waals surface area contributed by atoms with Gasteiger partial charge >= 0.3 is 0 Å². The van der Waals surface area contributed by atoms with Gasteiger partial charge in [-0.1, -0.05) is 60.0 Å². The molecule has 0 fully saturated rings. The van der Waals surface area contributed by atoms with Gasteiger partial charge < -0.3 is 10.2 Å². The normalized spacial score (nSPS) is 12.2. The third-order valence-electron chi connectivity index (χ3n) is 5.05. The molecule has 0 spiro atoms. The Morgan fingerprint density at radius 1 is 1.09 bits per heavy atom. The summed E-state index contributed by atoms with van der Waals surface area (Å²) in [6.45, 7) is 5.61. The van der Waals surface area contributed by atoms with Crippen molar-refractivity contribution in [3.05, 3.63) is 63.6 Å². The molecule has 2 rings (SSSR count). The van der Waals surface area contributed by atoms with Crippen LogP contribution >= 0.6 is 23.2 Å². The van der Waals surface area contributed by atoms with Crippen LogP contribution in [0.4, 0.5) is 5.69 Å². The summed E-state index contributed by atoms with van der Waals surface area (Å²) in [5.41, 5.74) is 2.01. The number of nitrogens with zero attached hydrogens (tertiary/aromatic N) is 2. The lowest BCUT2D eigenvalue weighted by Gasteiger charge is -2.31. The maximum Gasteiger partial charge on any atom is 0.244 e. The van der Waals surface area contributed by atoms with Crippen molar-refractivity contribution in [1.29, 1.82) is 0 Å². The topological polar surface area (TPSA) is 86.8 Å². The van der Waals surface area contributed by atoms with E-state index in [1.807, 2.05) is 38.1 Å². The number of benzene rings is 2. The number of anilines is 1. The summed E-state index contributed by atoms with van der Waals surface area (Å²) >= 11 is 12.2. The molecule has 2 aromatic rings. The number of carbonyl (C=O) groups is 2. The Kier molecular flexibility index (Phi) is 9.57. The molecule has 0 saturated carbocycles. The second-order valence-electron chi connectivity index (χ2n) is 7.84. The molecule has 0 aliphatic heterocycles. The summed E-state index contributed by atoms with van der Waals surface area (Å²) < 4.78 is 26.0. The number of hydrogen-bond donors (Lipinski definition) is 1. The van der Waals surface area contributed by atoms with E-state index in [1.165, 1.54) is 23.1 Å². The second-order valence-corrected chi connectivity index (χ2v) is 10.6. The zero-order chi connectivity index (χ0) is 24.8. The minimum atomic E-state index is -3.86. The fraction of sp³-hybridized carbons (Fsp3) is 0.391.